The van der Waals surface area contributed by atoms with E-state index < -0.39 is 0 Å². The van der Waals surface area contributed by atoms with Crippen molar-refractivity contribution in [3.8, 4) is 0 Å². The van der Waals surface area contributed by atoms with E-state index in [4.69, 9.17) is 11.6 Å². The summed E-state index contributed by atoms with van der Waals surface area (Å²) in [7, 11) is 2.19. The maximum Gasteiger partial charge on any atom is 0.0409 e. The van der Waals surface area contributed by atoms with Gasteiger partial charge in [0.15, 0.2) is 0 Å². The van der Waals surface area contributed by atoms with Crippen LogP contribution < -0.4 is 5.32 Å². The zero-order valence-corrected chi connectivity index (χ0v) is 12.7. The minimum absolute atomic E-state index is 0.502. The lowest BCUT2D eigenvalue weighted by Crippen LogP contribution is -2.48. The average Bonchev–Trinajstić information content (AvgIpc) is 2.39. The first-order chi connectivity index (χ1) is 9.13. The molecule has 1 N–H and O–H groups in total. The molecule has 4 heteroatoms. The van der Waals surface area contributed by atoms with E-state index in [1.807, 2.05) is 18.2 Å². The van der Waals surface area contributed by atoms with Gasteiger partial charge in [-0.05, 0) is 31.7 Å². The van der Waals surface area contributed by atoms with E-state index in [2.05, 4.69) is 35.2 Å². The molecule has 3 nitrogen and oxygen atoms in total. The number of nitrogens with one attached hydrogen (secondary N) is 1. The van der Waals surface area contributed by atoms with Gasteiger partial charge >= 0.3 is 0 Å². The normalized spacial score (nSPS) is 19.5. The Balaban J connectivity index is 1.71. The molecule has 0 amide bonds. The van der Waals surface area contributed by atoms with Crippen molar-refractivity contribution < 1.29 is 0 Å². The van der Waals surface area contributed by atoms with Crippen LogP contribution in [0.3, 0.4) is 0 Å². The Bertz CT molecular complexity index is 389. The van der Waals surface area contributed by atoms with Crippen LogP contribution in [0.25, 0.3) is 0 Å². The molecule has 1 saturated heterocycles. The second-order valence-corrected chi connectivity index (χ2v) is 5.95. The van der Waals surface area contributed by atoms with Crippen molar-refractivity contribution >= 4 is 11.6 Å². The molecule has 1 atom stereocenters. The Kier molecular flexibility index (Phi) is 5.64. The Morgan fingerprint density at radius 2 is 2.00 bits per heavy atom. The first kappa shape index (κ1) is 14.8. The van der Waals surface area contributed by atoms with E-state index >= 15 is 0 Å². The van der Waals surface area contributed by atoms with Crippen LogP contribution in [0, 0.1) is 0 Å². The van der Waals surface area contributed by atoms with Crippen LogP contribution in [0.5, 0.6) is 0 Å². The lowest BCUT2D eigenvalue weighted by molar-refractivity contribution is 0.144. The smallest absolute Gasteiger partial charge is 0.0409 e. The van der Waals surface area contributed by atoms with Crippen molar-refractivity contribution in [1.29, 1.82) is 0 Å². The van der Waals surface area contributed by atoms with Crippen LogP contribution >= 0.6 is 11.6 Å². The van der Waals surface area contributed by atoms with Crippen molar-refractivity contribution in [2.45, 2.75) is 19.5 Å². The van der Waals surface area contributed by atoms with Crippen molar-refractivity contribution in [3.05, 3.63) is 34.9 Å². The second-order valence-electron chi connectivity index (χ2n) is 5.52. The van der Waals surface area contributed by atoms with Crippen LogP contribution in [0.1, 0.15) is 12.5 Å². The third-order valence-corrected chi connectivity index (χ3v) is 3.91. The Labute approximate surface area is 121 Å². The molecule has 0 spiro atoms. The van der Waals surface area contributed by atoms with E-state index in [1.54, 1.807) is 0 Å². The lowest BCUT2D eigenvalue weighted by Gasteiger charge is -2.34. The average molecular weight is 282 g/mol. The number of piperazine rings is 1. The molecule has 1 aliphatic rings. The molecule has 19 heavy (non-hydrogen) atoms. The molecule has 2 rings (SSSR count). The zero-order valence-electron chi connectivity index (χ0n) is 11.9. The first-order valence-electron chi connectivity index (χ1n) is 7.02. The van der Waals surface area contributed by atoms with Crippen molar-refractivity contribution in [2.75, 3.05) is 39.8 Å². The van der Waals surface area contributed by atoms with E-state index in [0.29, 0.717) is 6.04 Å². The third-order valence-electron chi connectivity index (χ3n) is 3.67. The molecular weight excluding hydrogens is 258 g/mol. The molecule has 1 aromatic rings. The number of rotatable bonds is 5. The molecule has 0 radical (unpaired) electrons. The minimum atomic E-state index is 0.502. The van der Waals surface area contributed by atoms with Crippen LogP contribution in [0.2, 0.25) is 5.02 Å². The highest BCUT2D eigenvalue weighted by Crippen LogP contribution is 2.10. The maximum absolute atomic E-state index is 5.99. The first-order valence-corrected chi connectivity index (χ1v) is 7.40. The largest absolute Gasteiger partial charge is 0.309 e. The number of nitrogens with zero attached hydrogens (tertiary/aromatic N) is 2. The maximum atomic E-state index is 5.99. The SMILES string of the molecule is CC(CN1CCN(C)CC1)NCc1cccc(Cl)c1. The highest BCUT2D eigenvalue weighted by atomic mass is 35.5. The van der Waals surface area contributed by atoms with Gasteiger partial charge in [0.1, 0.15) is 0 Å². The minimum Gasteiger partial charge on any atom is -0.309 e. The van der Waals surface area contributed by atoms with E-state index in [1.165, 1.54) is 31.7 Å². The van der Waals surface area contributed by atoms with Crippen LogP contribution in [-0.2, 0) is 6.54 Å². The van der Waals surface area contributed by atoms with Crippen LogP contribution in [0.15, 0.2) is 24.3 Å². The van der Waals surface area contributed by atoms with Gasteiger partial charge < -0.3 is 10.2 Å². The summed E-state index contributed by atoms with van der Waals surface area (Å²) >= 11 is 5.99. The number of hydrogen-bond acceptors (Lipinski definition) is 3. The van der Waals surface area contributed by atoms with E-state index in [0.717, 1.165) is 18.1 Å². The van der Waals surface area contributed by atoms with Crippen molar-refractivity contribution in [1.82, 2.24) is 15.1 Å². The predicted octanol–water partition coefficient (Wildman–Crippen LogP) is 2.07. The number of benzene rings is 1. The molecule has 1 aromatic carbocycles. The van der Waals surface area contributed by atoms with E-state index in [9.17, 15) is 0 Å². The fourth-order valence-corrected chi connectivity index (χ4v) is 2.63. The Morgan fingerprint density at radius 3 is 2.68 bits per heavy atom. The number of likely N-dealkylation sites (N-methyl/N-ethyl adjacent to an activating group) is 1. The molecule has 0 saturated carbocycles. The topological polar surface area (TPSA) is 18.5 Å². The zero-order chi connectivity index (χ0) is 13.7. The summed E-state index contributed by atoms with van der Waals surface area (Å²) in [6.07, 6.45) is 0. The lowest BCUT2D eigenvalue weighted by atomic mass is 10.2. The van der Waals surface area contributed by atoms with Gasteiger partial charge in [0.2, 0.25) is 0 Å². The fraction of sp³-hybridized carbons (Fsp3) is 0.600. The summed E-state index contributed by atoms with van der Waals surface area (Å²) < 4.78 is 0. The molecule has 1 fully saturated rings. The summed E-state index contributed by atoms with van der Waals surface area (Å²) in [5.74, 6) is 0. The third kappa shape index (κ3) is 5.11. The molecule has 0 bridgehead atoms. The standard InChI is InChI=1S/C15H24ClN3/c1-13(12-19-8-6-18(2)7-9-19)17-11-14-4-3-5-15(16)10-14/h3-5,10,13,17H,6-9,11-12H2,1-2H3. The van der Waals surface area contributed by atoms with Crippen LogP contribution in [-0.4, -0.2) is 55.6 Å². The molecule has 1 aliphatic heterocycles. The second kappa shape index (κ2) is 7.25. The highest BCUT2D eigenvalue weighted by Gasteiger charge is 2.15. The molecule has 1 heterocycles. The van der Waals surface area contributed by atoms with Gasteiger partial charge in [0.25, 0.3) is 0 Å². The molecule has 106 valence electrons. The summed E-state index contributed by atoms with van der Waals surface area (Å²) in [4.78, 5) is 4.93. The van der Waals surface area contributed by atoms with Gasteiger partial charge in [-0.1, -0.05) is 23.7 Å². The molecule has 0 aromatic heterocycles. The molecular formula is C15H24ClN3. The monoisotopic (exact) mass is 281 g/mol. The summed E-state index contributed by atoms with van der Waals surface area (Å²) in [6, 6.07) is 8.56. The summed E-state index contributed by atoms with van der Waals surface area (Å²) in [5.41, 5.74) is 1.25. The summed E-state index contributed by atoms with van der Waals surface area (Å²) in [6.45, 7) is 8.98. The van der Waals surface area contributed by atoms with Gasteiger partial charge in [-0.15, -0.1) is 0 Å². The number of hydrogen-bond donors (Lipinski definition) is 1. The number of halogens is 1. The van der Waals surface area contributed by atoms with Gasteiger partial charge in [-0.2, -0.15) is 0 Å². The highest BCUT2D eigenvalue weighted by molar-refractivity contribution is 6.30. The van der Waals surface area contributed by atoms with E-state index in [-0.39, 0.29) is 0 Å². The van der Waals surface area contributed by atoms with Gasteiger partial charge in [0.05, 0.1) is 0 Å². The molecule has 0 aliphatic carbocycles. The fourth-order valence-electron chi connectivity index (χ4n) is 2.42. The molecule has 1 unspecified atom stereocenters. The van der Waals surface area contributed by atoms with Crippen molar-refractivity contribution in [3.63, 3.8) is 0 Å². The Hall–Kier alpha value is -0.610. The van der Waals surface area contributed by atoms with Gasteiger partial charge in [-0.25, -0.2) is 0 Å². The predicted molar refractivity (Wildman–Crippen MR) is 81.7 cm³/mol. The Morgan fingerprint density at radius 1 is 1.26 bits per heavy atom. The van der Waals surface area contributed by atoms with Crippen LogP contribution in [0.4, 0.5) is 0 Å². The van der Waals surface area contributed by atoms with Gasteiger partial charge in [0, 0.05) is 50.3 Å². The van der Waals surface area contributed by atoms with Crippen molar-refractivity contribution in [2.24, 2.45) is 0 Å². The quantitative estimate of drug-likeness (QED) is 0.891. The summed E-state index contributed by atoms with van der Waals surface area (Å²) in [5, 5.41) is 4.38. The van der Waals surface area contributed by atoms with Gasteiger partial charge in [-0.3, -0.25) is 4.90 Å².